The standard InChI is InChI=1S/C19H24N4O3/c1-12-13(2)20-18-11-15(21-23(18)19(12)22(3)8-9-24)14-6-7-16(25-4)17(10-14)26-5/h6-7,10-11,24H,8-9H2,1-5H3. The number of rotatable bonds is 6. The largest absolute Gasteiger partial charge is 0.493 e. The zero-order chi connectivity index (χ0) is 18.8. The van der Waals surface area contributed by atoms with Gasteiger partial charge in [0.15, 0.2) is 17.1 Å². The summed E-state index contributed by atoms with van der Waals surface area (Å²) in [6.07, 6.45) is 0. The number of anilines is 1. The average molecular weight is 356 g/mol. The second-order valence-corrected chi connectivity index (χ2v) is 6.16. The molecule has 1 N–H and O–H groups in total. The van der Waals surface area contributed by atoms with E-state index < -0.39 is 0 Å². The highest BCUT2D eigenvalue weighted by Crippen LogP contribution is 2.33. The zero-order valence-corrected chi connectivity index (χ0v) is 15.8. The quantitative estimate of drug-likeness (QED) is 0.731. The van der Waals surface area contributed by atoms with Crippen LogP contribution in [-0.2, 0) is 0 Å². The van der Waals surface area contributed by atoms with Gasteiger partial charge in [-0.25, -0.2) is 4.98 Å². The number of hydrogen-bond acceptors (Lipinski definition) is 6. The third kappa shape index (κ3) is 3.06. The fraction of sp³-hybridized carbons (Fsp3) is 0.368. The fourth-order valence-electron chi connectivity index (χ4n) is 3.02. The second kappa shape index (κ2) is 7.21. The number of hydrogen-bond donors (Lipinski definition) is 1. The van der Waals surface area contributed by atoms with Crippen molar-refractivity contribution in [1.29, 1.82) is 0 Å². The van der Waals surface area contributed by atoms with Gasteiger partial charge in [-0.3, -0.25) is 0 Å². The molecule has 0 aliphatic carbocycles. The molecule has 138 valence electrons. The number of aliphatic hydroxyl groups excluding tert-OH is 1. The maximum absolute atomic E-state index is 9.31. The topological polar surface area (TPSA) is 72.1 Å². The van der Waals surface area contributed by atoms with Gasteiger partial charge in [0.25, 0.3) is 0 Å². The Morgan fingerprint density at radius 2 is 1.85 bits per heavy atom. The van der Waals surface area contributed by atoms with Crippen LogP contribution in [0, 0.1) is 13.8 Å². The van der Waals surface area contributed by atoms with Crippen LogP contribution in [-0.4, -0.2) is 54.1 Å². The first kappa shape index (κ1) is 18.0. The highest BCUT2D eigenvalue weighted by atomic mass is 16.5. The van der Waals surface area contributed by atoms with Crippen molar-refractivity contribution in [2.24, 2.45) is 0 Å². The molecule has 0 aliphatic rings. The second-order valence-electron chi connectivity index (χ2n) is 6.16. The molecule has 7 nitrogen and oxygen atoms in total. The predicted octanol–water partition coefficient (Wildman–Crippen LogP) is 2.46. The first-order chi connectivity index (χ1) is 12.5. The van der Waals surface area contributed by atoms with E-state index in [0.29, 0.717) is 18.0 Å². The van der Waals surface area contributed by atoms with Crippen LogP contribution in [0.1, 0.15) is 11.3 Å². The third-order valence-corrected chi connectivity index (χ3v) is 4.53. The van der Waals surface area contributed by atoms with Crippen LogP contribution in [0.2, 0.25) is 0 Å². The minimum absolute atomic E-state index is 0.0720. The third-order valence-electron chi connectivity index (χ3n) is 4.53. The van der Waals surface area contributed by atoms with Crippen molar-refractivity contribution in [2.75, 3.05) is 39.3 Å². The van der Waals surface area contributed by atoms with Crippen LogP contribution >= 0.6 is 0 Å². The monoisotopic (exact) mass is 356 g/mol. The number of aliphatic hydroxyl groups is 1. The minimum atomic E-state index is 0.0720. The van der Waals surface area contributed by atoms with E-state index in [2.05, 4.69) is 4.98 Å². The van der Waals surface area contributed by atoms with Gasteiger partial charge in [-0.05, 0) is 32.0 Å². The molecule has 0 atom stereocenters. The molecule has 1 aromatic carbocycles. The summed E-state index contributed by atoms with van der Waals surface area (Å²) in [6.45, 7) is 4.59. The van der Waals surface area contributed by atoms with Crippen molar-refractivity contribution in [3.8, 4) is 22.8 Å². The Labute approximate surface area is 152 Å². The molecule has 7 heteroatoms. The number of aryl methyl sites for hydroxylation is 1. The lowest BCUT2D eigenvalue weighted by Gasteiger charge is -2.21. The molecular weight excluding hydrogens is 332 g/mol. The molecule has 0 amide bonds. The molecule has 0 saturated carbocycles. The van der Waals surface area contributed by atoms with Gasteiger partial charge in [0.2, 0.25) is 0 Å². The molecule has 2 aromatic heterocycles. The molecular formula is C19H24N4O3. The van der Waals surface area contributed by atoms with E-state index in [1.807, 2.05) is 54.6 Å². The van der Waals surface area contributed by atoms with E-state index in [0.717, 1.165) is 34.0 Å². The van der Waals surface area contributed by atoms with Crippen LogP contribution < -0.4 is 14.4 Å². The molecule has 0 saturated heterocycles. The van der Waals surface area contributed by atoms with Gasteiger partial charge in [-0.15, -0.1) is 0 Å². The molecule has 3 rings (SSSR count). The summed E-state index contributed by atoms with van der Waals surface area (Å²) in [5, 5.41) is 14.1. The molecule has 0 unspecified atom stereocenters. The number of fused-ring (bicyclic) bond motifs is 1. The normalized spacial score (nSPS) is 11.0. The molecule has 0 spiro atoms. The fourth-order valence-corrected chi connectivity index (χ4v) is 3.02. The lowest BCUT2D eigenvalue weighted by atomic mass is 10.1. The van der Waals surface area contributed by atoms with Gasteiger partial charge in [0, 0.05) is 36.5 Å². The van der Waals surface area contributed by atoms with Crippen molar-refractivity contribution in [2.45, 2.75) is 13.8 Å². The summed E-state index contributed by atoms with van der Waals surface area (Å²) < 4.78 is 12.5. The summed E-state index contributed by atoms with van der Waals surface area (Å²) in [6, 6.07) is 7.66. The van der Waals surface area contributed by atoms with Gasteiger partial charge in [-0.2, -0.15) is 9.61 Å². The van der Waals surface area contributed by atoms with Crippen molar-refractivity contribution < 1.29 is 14.6 Å². The van der Waals surface area contributed by atoms with E-state index >= 15 is 0 Å². The van der Waals surface area contributed by atoms with Crippen LogP contribution in [0.5, 0.6) is 11.5 Å². The van der Waals surface area contributed by atoms with E-state index in [9.17, 15) is 5.11 Å². The van der Waals surface area contributed by atoms with Gasteiger partial charge < -0.3 is 19.5 Å². The number of benzene rings is 1. The smallest absolute Gasteiger partial charge is 0.161 e. The Bertz CT molecular complexity index is 936. The lowest BCUT2D eigenvalue weighted by molar-refractivity contribution is 0.303. The van der Waals surface area contributed by atoms with Gasteiger partial charge in [0.1, 0.15) is 5.82 Å². The van der Waals surface area contributed by atoms with Crippen LogP contribution in [0.3, 0.4) is 0 Å². The molecule has 0 radical (unpaired) electrons. The predicted molar refractivity (Wildman–Crippen MR) is 101 cm³/mol. The van der Waals surface area contributed by atoms with Crippen molar-refractivity contribution in [3.63, 3.8) is 0 Å². The number of nitrogens with zero attached hydrogens (tertiary/aromatic N) is 4. The summed E-state index contributed by atoms with van der Waals surface area (Å²) in [7, 11) is 5.16. The van der Waals surface area contributed by atoms with E-state index in [1.165, 1.54) is 0 Å². The average Bonchev–Trinajstić information content (AvgIpc) is 3.05. The summed E-state index contributed by atoms with van der Waals surface area (Å²) in [5.74, 6) is 2.25. The van der Waals surface area contributed by atoms with E-state index in [1.54, 1.807) is 14.2 Å². The van der Waals surface area contributed by atoms with Crippen LogP contribution in [0.15, 0.2) is 24.3 Å². The van der Waals surface area contributed by atoms with Crippen molar-refractivity contribution in [1.82, 2.24) is 14.6 Å². The lowest BCUT2D eigenvalue weighted by Crippen LogP contribution is -2.25. The van der Waals surface area contributed by atoms with Gasteiger partial charge in [-0.1, -0.05) is 0 Å². The Kier molecular flexibility index (Phi) is 4.99. The SMILES string of the molecule is COc1ccc(-c2cc3nc(C)c(C)c(N(C)CCO)n3n2)cc1OC. The number of likely N-dealkylation sites (N-methyl/N-ethyl adjacent to an activating group) is 1. The first-order valence-electron chi connectivity index (χ1n) is 8.41. The maximum atomic E-state index is 9.31. The van der Waals surface area contributed by atoms with Crippen LogP contribution in [0.25, 0.3) is 16.9 Å². The van der Waals surface area contributed by atoms with E-state index in [-0.39, 0.29) is 6.61 Å². The number of aromatic nitrogens is 3. The Morgan fingerprint density at radius 3 is 2.50 bits per heavy atom. The Morgan fingerprint density at radius 1 is 1.12 bits per heavy atom. The van der Waals surface area contributed by atoms with Gasteiger partial charge >= 0.3 is 0 Å². The molecule has 26 heavy (non-hydrogen) atoms. The Balaban J connectivity index is 2.17. The summed E-state index contributed by atoms with van der Waals surface area (Å²) in [5.41, 5.74) is 4.45. The van der Waals surface area contributed by atoms with Crippen molar-refractivity contribution >= 4 is 11.5 Å². The summed E-state index contributed by atoms with van der Waals surface area (Å²) in [4.78, 5) is 6.64. The Hall–Kier alpha value is -2.80. The molecule has 0 aliphatic heterocycles. The highest BCUT2D eigenvalue weighted by molar-refractivity contribution is 5.69. The maximum Gasteiger partial charge on any atom is 0.161 e. The number of methoxy groups -OCH3 is 2. The molecule has 0 fully saturated rings. The zero-order valence-electron chi connectivity index (χ0n) is 15.8. The molecule has 2 heterocycles. The summed E-state index contributed by atoms with van der Waals surface area (Å²) >= 11 is 0. The molecule has 3 aromatic rings. The minimum Gasteiger partial charge on any atom is -0.493 e. The first-order valence-corrected chi connectivity index (χ1v) is 8.41. The van der Waals surface area contributed by atoms with E-state index in [4.69, 9.17) is 14.6 Å². The van der Waals surface area contributed by atoms with Crippen LogP contribution in [0.4, 0.5) is 5.82 Å². The van der Waals surface area contributed by atoms with Crippen molar-refractivity contribution in [3.05, 3.63) is 35.5 Å². The highest BCUT2D eigenvalue weighted by Gasteiger charge is 2.17. The molecule has 0 bridgehead atoms. The van der Waals surface area contributed by atoms with Gasteiger partial charge in [0.05, 0.1) is 26.5 Å². The number of ether oxygens (including phenoxy) is 2.